The van der Waals surface area contributed by atoms with Crippen LogP contribution in [0.4, 0.5) is 22.0 Å². The van der Waals surface area contributed by atoms with Gasteiger partial charge in [0.25, 0.3) is 5.88 Å². The second kappa shape index (κ2) is 4.60. The normalized spacial score (nSPS) is 11.6. The fraction of sp³-hybridized carbons (Fsp3) is 0.375. The molecule has 3 nitrogen and oxygen atoms in total. The average Bonchev–Trinajstić information content (AvgIpc) is 2.19. The third kappa shape index (κ3) is 3.02. The van der Waals surface area contributed by atoms with Gasteiger partial charge >= 0.3 is 6.36 Å². The van der Waals surface area contributed by atoms with Crippen molar-refractivity contribution in [3.8, 4) is 5.88 Å². The van der Waals surface area contributed by atoms with Crippen molar-refractivity contribution in [2.75, 3.05) is 0 Å². The predicted octanol–water partition coefficient (Wildman–Crippen LogP) is 2.08. The van der Waals surface area contributed by atoms with Gasteiger partial charge in [0.15, 0.2) is 5.82 Å². The summed E-state index contributed by atoms with van der Waals surface area (Å²) in [5, 5.41) is 8.63. The van der Waals surface area contributed by atoms with Crippen LogP contribution >= 0.6 is 0 Å². The van der Waals surface area contributed by atoms with E-state index in [0.717, 1.165) is 6.07 Å². The Morgan fingerprint density at radius 3 is 2.44 bits per heavy atom. The molecule has 0 radical (unpaired) electrons. The number of hydrogen-bond acceptors (Lipinski definition) is 3. The molecule has 1 aromatic rings. The Bertz CT molecular complexity index is 379. The molecule has 90 valence electrons. The second-order valence-corrected chi connectivity index (χ2v) is 2.73. The van der Waals surface area contributed by atoms with Crippen molar-refractivity contribution in [2.45, 2.75) is 19.6 Å². The highest BCUT2D eigenvalue weighted by atomic mass is 19.4. The van der Waals surface area contributed by atoms with Crippen LogP contribution in [0, 0.1) is 5.82 Å². The Morgan fingerprint density at radius 2 is 2.00 bits per heavy atom. The van der Waals surface area contributed by atoms with Gasteiger partial charge < -0.3 is 9.84 Å². The van der Waals surface area contributed by atoms with Gasteiger partial charge in [0.05, 0.1) is 12.3 Å². The number of nitrogens with zero attached hydrogens (tertiary/aromatic N) is 1. The Morgan fingerprint density at radius 1 is 1.38 bits per heavy atom. The zero-order chi connectivity index (χ0) is 12.3. The number of alkyl halides is 4. The van der Waals surface area contributed by atoms with E-state index in [-0.39, 0.29) is 0 Å². The van der Waals surface area contributed by atoms with Gasteiger partial charge in [0.2, 0.25) is 0 Å². The molecule has 0 atom stereocenters. The maximum atomic E-state index is 13.1. The zero-order valence-electron chi connectivity index (χ0n) is 7.68. The van der Waals surface area contributed by atoms with Crippen molar-refractivity contribution < 1.29 is 31.8 Å². The molecule has 0 aliphatic heterocycles. The van der Waals surface area contributed by atoms with Gasteiger partial charge in [-0.05, 0) is 6.07 Å². The van der Waals surface area contributed by atoms with E-state index in [9.17, 15) is 22.0 Å². The first-order valence-electron chi connectivity index (χ1n) is 3.98. The van der Waals surface area contributed by atoms with Crippen LogP contribution in [-0.2, 0) is 13.3 Å². The Balaban J connectivity index is 3.16. The van der Waals surface area contributed by atoms with Gasteiger partial charge in [0.1, 0.15) is 6.67 Å². The molecular weight excluding hydrogens is 237 g/mol. The SMILES string of the molecule is OCc1cc(CF)nc(OC(F)(F)F)c1F. The molecule has 0 aromatic carbocycles. The first-order chi connectivity index (χ1) is 7.37. The molecule has 1 heterocycles. The number of rotatable bonds is 3. The number of aliphatic hydroxyl groups is 1. The lowest BCUT2D eigenvalue weighted by molar-refractivity contribution is -0.277. The highest BCUT2D eigenvalue weighted by Crippen LogP contribution is 2.26. The third-order valence-electron chi connectivity index (χ3n) is 1.58. The van der Waals surface area contributed by atoms with E-state index in [1.54, 1.807) is 0 Å². The van der Waals surface area contributed by atoms with Gasteiger partial charge in [-0.15, -0.1) is 13.2 Å². The van der Waals surface area contributed by atoms with E-state index in [0.29, 0.717) is 0 Å². The van der Waals surface area contributed by atoms with Crippen LogP contribution in [0.25, 0.3) is 0 Å². The number of aromatic nitrogens is 1. The van der Waals surface area contributed by atoms with E-state index < -0.39 is 42.6 Å². The molecule has 8 heteroatoms. The first kappa shape index (κ1) is 12.6. The zero-order valence-corrected chi connectivity index (χ0v) is 7.68. The van der Waals surface area contributed by atoms with E-state index in [1.807, 2.05) is 0 Å². The topological polar surface area (TPSA) is 42.4 Å². The van der Waals surface area contributed by atoms with Crippen LogP contribution < -0.4 is 4.74 Å². The van der Waals surface area contributed by atoms with Gasteiger partial charge in [0, 0.05) is 5.56 Å². The lowest BCUT2D eigenvalue weighted by Gasteiger charge is -2.11. The van der Waals surface area contributed by atoms with Crippen LogP contribution in [0.1, 0.15) is 11.3 Å². The quantitative estimate of drug-likeness (QED) is 0.826. The van der Waals surface area contributed by atoms with Crippen LogP contribution in [0.3, 0.4) is 0 Å². The summed E-state index contributed by atoms with van der Waals surface area (Å²) in [5.41, 5.74) is -0.966. The summed E-state index contributed by atoms with van der Waals surface area (Å²) in [6.07, 6.45) is -5.13. The summed E-state index contributed by atoms with van der Waals surface area (Å²) in [6.45, 7) is -2.07. The predicted molar refractivity (Wildman–Crippen MR) is 41.6 cm³/mol. The standard InChI is InChI=1S/C8H6F5NO2/c9-2-5-1-4(3-15)6(10)7(14-5)16-8(11,12)13/h1,15H,2-3H2. The third-order valence-corrected chi connectivity index (χ3v) is 1.58. The van der Waals surface area contributed by atoms with Gasteiger partial charge in [-0.2, -0.15) is 0 Å². The number of halogens is 5. The molecular formula is C8H6F5NO2. The van der Waals surface area contributed by atoms with Gasteiger partial charge in [-0.1, -0.05) is 0 Å². The molecule has 0 saturated heterocycles. The van der Waals surface area contributed by atoms with Crippen LogP contribution in [-0.4, -0.2) is 16.5 Å². The molecule has 0 fully saturated rings. The molecule has 0 bridgehead atoms. The average molecular weight is 243 g/mol. The fourth-order valence-electron chi connectivity index (χ4n) is 0.974. The molecule has 0 spiro atoms. The minimum atomic E-state index is -5.13. The molecule has 0 aliphatic rings. The molecule has 1 aromatic heterocycles. The molecule has 1 rings (SSSR count). The monoisotopic (exact) mass is 243 g/mol. The van der Waals surface area contributed by atoms with Crippen LogP contribution in [0.15, 0.2) is 6.07 Å². The van der Waals surface area contributed by atoms with E-state index in [4.69, 9.17) is 5.11 Å². The van der Waals surface area contributed by atoms with Crippen molar-refractivity contribution in [2.24, 2.45) is 0 Å². The summed E-state index contributed by atoms with van der Waals surface area (Å²) >= 11 is 0. The van der Waals surface area contributed by atoms with E-state index >= 15 is 0 Å². The highest BCUT2D eigenvalue weighted by molar-refractivity contribution is 5.27. The summed E-state index contributed by atoms with van der Waals surface area (Å²) in [4.78, 5) is 2.98. The largest absolute Gasteiger partial charge is 0.574 e. The Kier molecular flexibility index (Phi) is 3.63. The van der Waals surface area contributed by atoms with Crippen molar-refractivity contribution in [3.63, 3.8) is 0 Å². The number of pyridine rings is 1. The van der Waals surface area contributed by atoms with Crippen molar-refractivity contribution >= 4 is 0 Å². The fourth-order valence-corrected chi connectivity index (χ4v) is 0.974. The summed E-state index contributed by atoms with van der Waals surface area (Å²) in [6, 6.07) is 0.818. The Labute approximate surface area is 86.5 Å². The van der Waals surface area contributed by atoms with E-state index in [1.165, 1.54) is 0 Å². The molecule has 0 saturated carbocycles. The van der Waals surface area contributed by atoms with Crippen molar-refractivity contribution in [3.05, 3.63) is 23.1 Å². The first-order valence-corrected chi connectivity index (χ1v) is 3.98. The lowest BCUT2D eigenvalue weighted by atomic mass is 10.2. The summed E-state index contributed by atoms with van der Waals surface area (Å²) < 4.78 is 64.0. The van der Waals surface area contributed by atoms with Crippen molar-refractivity contribution in [1.82, 2.24) is 4.98 Å². The highest BCUT2D eigenvalue weighted by Gasteiger charge is 2.34. The Hall–Kier alpha value is -1.44. The molecule has 0 unspecified atom stereocenters. The summed E-state index contributed by atoms with van der Waals surface area (Å²) in [5.74, 6) is -2.86. The summed E-state index contributed by atoms with van der Waals surface area (Å²) in [7, 11) is 0. The minimum Gasteiger partial charge on any atom is -0.392 e. The molecule has 16 heavy (non-hydrogen) atoms. The maximum Gasteiger partial charge on any atom is 0.574 e. The minimum absolute atomic E-state index is 0.454. The maximum absolute atomic E-state index is 13.1. The van der Waals surface area contributed by atoms with Gasteiger partial charge in [-0.3, -0.25) is 0 Å². The van der Waals surface area contributed by atoms with Crippen LogP contribution in [0.2, 0.25) is 0 Å². The van der Waals surface area contributed by atoms with Gasteiger partial charge in [-0.25, -0.2) is 13.8 Å². The number of aliphatic hydroxyl groups excluding tert-OH is 1. The molecule has 0 aliphatic carbocycles. The lowest BCUT2D eigenvalue weighted by Crippen LogP contribution is -2.19. The molecule has 1 N–H and O–H groups in total. The smallest absolute Gasteiger partial charge is 0.392 e. The number of hydrogen-bond donors (Lipinski definition) is 1. The van der Waals surface area contributed by atoms with E-state index in [2.05, 4.69) is 9.72 Å². The number of ether oxygens (including phenoxy) is 1. The van der Waals surface area contributed by atoms with Crippen LogP contribution in [0.5, 0.6) is 5.88 Å². The second-order valence-electron chi connectivity index (χ2n) is 2.73. The van der Waals surface area contributed by atoms with Crippen molar-refractivity contribution in [1.29, 1.82) is 0 Å². The molecule has 0 amide bonds.